The Morgan fingerprint density at radius 2 is 1.77 bits per heavy atom. The Labute approximate surface area is 157 Å². The maximum Gasteiger partial charge on any atom is 0.291 e. The molecule has 0 fully saturated rings. The van der Waals surface area contributed by atoms with Crippen molar-refractivity contribution in [2.24, 2.45) is 0 Å². The van der Waals surface area contributed by atoms with Gasteiger partial charge in [0.15, 0.2) is 0 Å². The summed E-state index contributed by atoms with van der Waals surface area (Å²) in [6, 6.07) is 14.6. The maximum absolute atomic E-state index is 12.7. The third-order valence-corrected chi connectivity index (χ3v) is 4.26. The molecule has 1 amide bonds. The van der Waals surface area contributed by atoms with Crippen molar-refractivity contribution in [1.29, 1.82) is 0 Å². The summed E-state index contributed by atoms with van der Waals surface area (Å²) in [6.07, 6.45) is 0.751. The normalized spacial score (nSPS) is 12.3. The first-order valence-corrected chi connectivity index (χ1v) is 8.71. The van der Waals surface area contributed by atoms with Gasteiger partial charge in [-0.25, -0.2) is 4.98 Å². The zero-order valence-corrected chi connectivity index (χ0v) is 15.4. The van der Waals surface area contributed by atoms with Gasteiger partial charge >= 0.3 is 0 Å². The number of para-hydroxylation sites is 1. The van der Waals surface area contributed by atoms with Gasteiger partial charge in [0.05, 0.1) is 11.6 Å². The monoisotopic (exact) mass is 369 g/mol. The molecule has 1 unspecified atom stereocenters. The van der Waals surface area contributed by atoms with Gasteiger partial charge in [-0.3, -0.25) is 4.79 Å². The molecule has 0 aliphatic heterocycles. The van der Waals surface area contributed by atoms with E-state index in [0.717, 1.165) is 18.5 Å². The second-order valence-electron chi connectivity index (χ2n) is 6.29. The van der Waals surface area contributed by atoms with Gasteiger partial charge in [-0.2, -0.15) is 0 Å². The first-order chi connectivity index (χ1) is 12.5. The Hall–Kier alpha value is -2.57. The van der Waals surface area contributed by atoms with Crippen LogP contribution in [0, 0.1) is 0 Å². The van der Waals surface area contributed by atoms with Crippen molar-refractivity contribution in [1.82, 2.24) is 25.4 Å². The molecule has 7 heteroatoms. The van der Waals surface area contributed by atoms with Crippen LogP contribution in [0.4, 0.5) is 0 Å². The average molecular weight is 370 g/mol. The fourth-order valence-electron chi connectivity index (χ4n) is 2.60. The predicted octanol–water partition coefficient (Wildman–Crippen LogP) is 3.10. The maximum atomic E-state index is 12.7. The number of rotatable bonds is 6. The molecular formula is C19H20ClN5O. The van der Waals surface area contributed by atoms with Crippen LogP contribution in [0.25, 0.3) is 11.0 Å². The fraction of sp³-hybridized carbons (Fsp3) is 0.263. The van der Waals surface area contributed by atoms with Gasteiger partial charge in [0.1, 0.15) is 5.52 Å². The van der Waals surface area contributed by atoms with Crippen LogP contribution < -0.4 is 5.32 Å². The summed E-state index contributed by atoms with van der Waals surface area (Å²) in [5.41, 5.74) is 2.29. The average Bonchev–Trinajstić information content (AvgIpc) is 2.65. The summed E-state index contributed by atoms with van der Waals surface area (Å²) in [6.45, 7) is 0.824. The van der Waals surface area contributed by atoms with E-state index in [9.17, 15) is 4.79 Å². The summed E-state index contributed by atoms with van der Waals surface area (Å²) in [7, 11) is 3.99. The standard InChI is InChI=1S/C19H20ClN5O/c1-25(2)12-11-15(13-7-9-14(20)10-8-13)22-19(26)18-21-16-5-3-4-6-17(16)23-24-18/h3-10,15H,11-12H2,1-2H3,(H,22,26). The van der Waals surface area contributed by atoms with Crippen LogP contribution in [0.5, 0.6) is 0 Å². The Morgan fingerprint density at radius 1 is 1.08 bits per heavy atom. The van der Waals surface area contributed by atoms with Crippen LogP contribution in [0.2, 0.25) is 5.02 Å². The zero-order valence-electron chi connectivity index (χ0n) is 14.7. The predicted molar refractivity (Wildman–Crippen MR) is 102 cm³/mol. The molecule has 26 heavy (non-hydrogen) atoms. The first kappa shape index (κ1) is 18.2. The van der Waals surface area contributed by atoms with Gasteiger partial charge in [0, 0.05) is 5.02 Å². The van der Waals surface area contributed by atoms with E-state index >= 15 is 0 Å². The van der Waals surface area contributed by atoms with E-state index in [0.29, 0.717) is 16.1 Å². The summed E-state index contributed by atoms with van der Waals surface area (Å²) in [5.74, 6) is -0.283. The van der Waals surface area contributed by atoms with E-state index in [1.165, 1.54) is 0 Å². The third kappa shape index (κ3) is 4.53. The molecule has 134 valence electrons. The molecule has 2 aromatic carbocycles. The van der Waals surface area contributed by atoms with E-state index in [1.807, 2.05) is 62.6 Å². The molecule has 3 rings (SSSR count). The van der Waals surface area contributed by atoms with Crippen LogP contribution in [0.3, 0.4) is 0 Å². The van der Waals surface area contributed by atoms with Gasteiger partial charge in [-0.1, -0.05) is 35.9 Å². The van der Waals surface area contributed by atoms with E-state index < -0.39 is 0 Å². The minimum atomic E-state index is -0.345. The molecule has 1 atom stereocenters. The number of hydrogen-bond acceptors (Lipinski definition) is 5. The van der Waals surface area contributed by atoms with Crippen molar-refractivity contribution >= 4 is 28.5 Å². The molecule has 0 aliphatic carbocycles. The number of amides is 1. The van der Waals surface area contributed by atoms with E-state index in [-0.39, 0.29) is 17.8 Å². The molecule has 1 N–H and O–H groups in total. The summed E-state index contributed by atoms with van der Waals surface area (Å²) >= 11 is 5.98. The second kappa shape index (κ2) is 8.21. The molecule has 1 aromatic heterocycles. The number of nitrogens with one attached hydrogen (secondary N) is 1. The second-order valence-corrected chi connectivity index (χ2v) is 6.73. The number of fused-ring (bicyclic) bond motifs is 1. The molecule has 0 spiro atoms. The van der Waals surface area contributed by atoms with E-state index in [1.54, 1.807) is 0 Å². The van der Waals surface area contributed by atoms with Crippen molar-refractivity contribution < 1.29 is 4.79 Å². The highest BCUT2D eigenvalue weighted by atomic mass is 35.5. The number of carbonyl (C=O) groups is 1. The summed E-state index contributed by atoms with van der Waals surface area (Å²) < 4.78 is 0. The van der Waals surface area contributed by atoms with Crippen LogP contribution in [-0.4, -0.2) is 46.6 Å². The highest BCUT2D eigenvalue weighted by Crippen LogP contribution is 2.20. The number of carbonyl (C=O) groups excluding carboxylic acids is 1. The van der Waals surface area contributed by atoms with E-state index in [2.05, 4.69) is 25.4 Å². The van der Waals surface area contributed by atoms with Gasteiger partial charge in [-0.15, -0.1) is 10.2 Å². The Bertz CT molecular complexity index is 898. The van der Waals surface area contributed by atoms with E-state index in [4.69, 9.17) is 11.6 Å². The van der Waals surface area contributed by atoms with Gasteiger partial charge in [-0.05, 0) is 56.9 Å². The van der Waals surface area contributed by atoms with Crippen LogP contribution in [0.15, 0.2) is 48.5 Å². The Balaban J connectivity index is 1.81. The summed E-state index contributed by atoms with van der Waals surface area (Å²) in [4.78, 5) is 19.1. The molecule has 0 bridgehead atoms. The summed E-state index contributed by atoms with van der Waals surface area (Å²) in [5, 5.41) is 11.7. The highest BCUT2D eigenvalue weighted by molar-refractivity contribution is 6.30. The molecule has 6 nitrogen and oxygen atoms in total. The number of aromatic nitrogens is 3. The smallest absolute Gasteiger partial charge is 0.291 e. The highest BCUT2D eigenvalue weighted by Gasteiger charge is 2.18. The van der Waals surface area contributed by atoms with Crippen molar-refractivity contribution in [2.45, 2.75) is 12.5 Å². The van der Waals surface area contributed by atoms with Crippen molar-refractivity contribution in [3.63, 3.8) is 0 Å². The number of benzene rings is 2. The molecule has 0 radical (unpaired) electrons. The minimum Gasteiger partial charge on any atom is -0.342 e. The zero-order chi connectivity index (χ0) is 18.5. The van der Waals surface area contributed by atoms with Gasteiger partial charge in [0.2, 0.25) is 5.82 Å². The molecule has 3 aromatic rings. The number of hydrogen-bond donors (Lipinski definition) is 1. The topological polar surface area (TPSA) is 71.0 Å². The molecule has 1 heterocycles. The van der Waals surface area contributed by atoms with Crippen molar-refractivity contribution in [3.8, 4) is 0 Å². The largest absolute Gasteiger partial charge is 0.342 e. The lowest BCUT2D eigenvalue weighted by atomic mass is 10.0. The lowest BCUT2D eigenvalue weighted by Gasteiger charge is -2.21. The van der Waals surface area contributed by atoms with Crippen LogP contribution >= 0.6 is 11.6 Å². The fourth-order valence-corrected chi connectivity index (χ4v) is 2.73. The molecule has 0 aliphatic rings. The lowest BCUT2D eigenvalue weighted by molar-refractivity contribution is 0.0921. The first-order valence-electron chi connectivity index (χ1n) is 8.33. The van der Waals surface area contributed by atoms with Gasteiger partial charge in [0.25, 0.3) is 5.91 Å². The minimum absolute atomic E-state index is 0.0625. The molecule has 0 saturated heterocycles. The quantitative estimate of drug-likeness (QED) is 0.723. The molecular weight excluding hydrogens is 350 g/mol. The Kier molecular flexibility index (Phi) is 5.75. The number of halogens is 1. The van der Waals surface area contributed by atoms with Crippen LogP contribution in [0.1, 0.15) is 28.6 Å². The third-order valence-electron chi connectivity index (χ3n) is 4.01. The SMILES string of the molecule is CN(C)CCC(NC(=O)c1nnc2ccccc2n1)c1ccc(Cl)cc1. The van der Waals surface area contributed by atoms with Crippen molar-refractivity contribution in [3.05, 3.63) is 64.9 Å². The number of nitrogens with zero attached hydrogens (tertiary/aromatic N) is 4. The Morgan fingerprint density at radius 3 is 2.46 bits per heavy atom. The lowest BCUT2D eigenvalue weighted by Crippen LogP contribution is -2.32. The van der Waals surface area contributed by atoms with Gasteiger partial charge < -0.3 is 10.2 Å². The van der Waals surface area contributed by atoms with Crippen molar-refractivity contribution in [2.75, 3.05) is 20.6 Å². The van der Waals surface area contributed by atoms with Crippen LogP contribution in [-0.2, 0) is 0 Å². The molecule has 0 saturated carbocycles.